The Bertz CT molecular complexity index is 1480. The largest absolute Gasteiger partial charge is 0.456 e. The fourth-order valence-corrected chi connectivity index (χ4v) is 4.67. The lowest BCUT2D eigenvalue weighted by Gasteiger charge is -2.31. The summed E-state index contributed by atoms with van der Waals surface area (Å²) in [7, 11) is -4.94. The van der Waals surface area contributed by atoms with E-state index in [2.05, 4.69) is 28.5 Å². The smallest absolute Gasteiger partial charge is 0.221 e. The Morgan fingerprint density at radius 1 is 0.846 bits per heavy atom. The highest BCUT2D eigenvalue weighted by molar-refractivity contribution is 5.78. The molecule has 1 aliphatic heterocycles. The number of nitrogens with one attached hydrogen (secondary N) is 2. The number of hydrogen-bond donors (Lipinski definition) is 2. The van der Waals surface area contributed by atoms with E-state index in [0.717, 1.165) is 72.6 Å². The zero-order valence-electron chi connectivity index (χ0n) is 20.9. The van der Waals surface area contributed by atoms with Gasteiger partial charge in [-0.2, -0.15) is 10.5 Å². The molecular weight excluding hydrogens is 520 g/mol. The molecule has 3 aliphatic rings. The van der Waals surface area contributed by atoms with Crippen molar-refractivity contribution >= 4 is 17.6 Å². The summed E-state index contributed by atoms with van der Waals surface area (Å²) in [5, 5.41) is 22.1. The van der Waals surface area contributed by atoms with Gasteiger partial charge in [-0.05, 0) is 73.9 Å². The summed E-state index contributed by atoms with van der Waals surface area (Å²) >= 11 is 0. The Balaban J connectivity index is 0.000000648. The summed E-state index contributed by atoms with van der Waals surface area (Å²) in [5.41, 5.74) is 7.55. The Labute approximate surface area is 228 Å². The van der Waals surface area contributed by atoms with Gasteiger partial charge in [0.25, 0.3) is 0 Å². The first-order chi connectivity index (χ1) is 18.8. The zero-order chi connectivity index (χ0) is 27.8. The molecule has 0 saturated carbocycles. The molecule has 1 heterocycles. The Morgan fingerprint density at radius 3 is 2.26 bits per heavy atom. The molecule has 0 amide bonds. The summed E-state index contributed by atoms with van der Waals surface area (Å²) in [5.74, 6) is 1.86. The molecule has 0 unspecified atom stereocenters. The summed E-state index contributed by atoms with van der Waals surface area (Å²) in [6.45, 7) is 0. The molecule has 198 valence electrons. The van der Waals surface area contributed by atoms with Crippen molar-refractivity contribution in [2.45, 2.75) is 38.5 Å². The number of halogens is 1. The summed E-state index contributed by atoms with van der Waals surface area (Å²) in [6, 6.07) is 19.5. The van der Waals surface area contributed by atoms with E-state index in [1.807, 2.05) is 60.9 Å². The average molecular weight is 545 g/mol. The average Bonchev–Trinajstić information content (AvgIpc) is 2.93. The van der Waals surface area contributed by atoms with Crippen LogP contribution in [0.2, 0.25) is 0 Å². The van der Waals surface area contributed by atoms with Crippen LogP contribution in [-0.2, 0) is 4.74 Å². The van der Waals surface area contributed by atoms with Crippen molar-refractivity contribution in [1.29, 1.82) is 10.5 Å². The van der Waals surface area contributed by atoms with Gasteiger partial charge in [0, 0.05) is 17.8 Å². The highest BCUT2D eigenvalue weighted by Crippen LogP contribution is 2.42. The van der Waals surface area contributed by atoms with Crippen LogP contribution >= 0.6 is 0 Å². The molecule has 10 heteroatoms. The summed E-state index contributed by atoms with van der Waals surface area (Å²) < 4.78 is 40.6. The van der Waals surface area contributed by atoms with Crippen LogP contribution in [0.1, 0.15) is 49.7 Å². The maximum absolute atomic E-state index is 9.38. The first-order valence-corrected chi connectivity index (χ1v) is 13.5. The van der Waals surface area contributed by atoms with Gasteiger partial charge in [-0.1, -0.05) is 24.3 Å². The van der Waals surface area contributed by atoms with Crippen LogP contribution in [0.3, 0.4) is 0 Å². The quantitative estimate of drug-likeness (QED) is 0.516. The molecule has 0 radical (unpaired) electrons. The van der Waals surface area contributed by atoms with Crippen LogP contribution in [0.25, 0.3) is 0 Å². The number of rotatable bonds is 4. The lowest BCUT2D eigenvalue weighted by molar-refractivity contribution is -2.00. The number of ether oxygens (including phenoxy) is 1. The van der Waals surface area contributed by atoms with Gasteiger partial charge in [-0.3, -0.25) is 0 Å². The van der Waals surface area contributed by atoms with E-state index in [9.17, 15) is 10.5 Å². The lowest BCUT2D eigenvalue weighted by Crippen LogP contribution is -2.68. The van der Waals surface area contributed by atoms with E-state index in [1.54, 1.807) is 0 Å². The van der Waals surface area contributed by atoms with Gasteiger partial charge in [0.1, 0.15) is 29.2 Å². The molecule has 0 saturated heterocycles. The Hall–Kier alpha value is -4.22. The second-order valence-electron chi connectivity index (χ2n) is 8.98. The number of hydrogen-bond acceptors (Lipinski definition) is 8. The number of benzene rings is 2. The van der Waals surface area contributed by atoms with Gasteiger partial charge in [-0.25, -0.2) is 23.6 Å². The van der Waals surface area contributed by atoms with E-state index >= 15 is 0 Å². The number of fused-ring (bicyclic) bond motifs is 1. The fourth-order valence-electron chi connectivity index (χ4n) is 4.67. The fraction of sp³-hybridized carbons (Fsp3) is 0.207. The topological polar surface area (TPSA) is 175 Å². The zero-order valence-corrected chi connectivity index (χ0v) is 21.7. The van der Waals surface area contributed by atoms with E-state index in [-0.39, 0.29) is 0 Å². The molecule has 0 spiro atoms. The highest BCUT2D eigenvalue weighted by atomic mass is 35.7. The molecule has 2 aromatic carbocycles. The predicted molar refractivity (Wildman–Crippen MR) is 132 cm³/mol. The maximum Gasteiger partial charge on any atom is 0.221 e. The van der Waals surface area contributed by atoms with Gasteiger partial charge in [-0.15, -0.1) is 10.2 Å². The minimum absolute atomic E-state index is 0.617. The van der Waals surface area contributed by atoms with Crippen LogP contribution in [0.15, 0.2) is 94.6 Å². The lowest BCUT2D eigenvalue weighted by atomic mass is 9.86. The third kappa shape index (κ3) is 7.43. The molecule has 0 aromatic heterocycles. The molecule has 0 atom stereocenters. The van der Waals surface area contributed by atoms with Crippen molar-refractivity contribution in [3.8, 4) is 12.1 Å². The molecule has 5 rings (SSSR count). The van der Waals surface area contributed by atoms with E-state index in [1.165, 1.54) is 11.1 Å². The summed E-state index contributed by atoms with van der Waals surface area (Å²) in [4.78, 5) is 3.32. The molecule has 9 nitrogen and oxygen atoms in total. The van der Waals surface area contributed by atoms with Crippen molar-refractivity contribution in [2.24, 2.45) is 0 Å². The minimum Gasteiger partial charge on any atom is -0.456 e. The van der Waals surface area contributed by atoms with Crippen LogP contribution in [-0.4, -0.2) is 6.21 Å². The maximum atomic E-state index is 9.38. The second-order valence-corrected chi connectivity index (χ2v) is 9.74. The summed E-state index contributed by atoms with van der Waals surface area (Å²) in [6.07, 6.45) is 12.3. The standard InChI is InChI=1S/C29H24N4O.ClHO4/c30-16-22-7-1-3-13-26(22)32-18-24-11-5-9-20-15-21-10-6-12-25(29(21)34-28(20)24)19-33-27-14-4-2-8-23(27)17-31;2-1(3,4)5/h1-4,7-8,13-15,18-19,32H,5-6,9-12H2;(H,2,3,4,5)/b24-18+,33-19?;. The van der Waals surface area contributed by atoms with Crippen molar-refractivity contribution in [3.63, 3.8) is 0 Å². The van der Waals surface area contributed by atoms with E-state index in [0.29, 0.717) is 11.1 Å². The van der Waals surface area contributed by atoms with Gasteiger partial charge in [0.2, 0.25) is 5.69 Å². The van der Waals surface area contributed by atoms with Gasteiger partial charge < -0.3 is 10.1 Å². The molecular formula is C29H25ClN4O5. The predicted octanol–water partition coefficient (Wildman–Crippen LogP) is 0.285. The van der Waals surface area contributed by atoms with Gasteiger partial charge in [0.15, 0.2) is 6.21 Å². The van der Waals surface area contributed by atoms with Gasteiger partial charge >= 0.3 is 0 Å². The van der Waals surface area contributed by atoms with Crippen LogP contribution < -0.4 is 28.9 Å². The Morgan fingerprint density at radius 2 is 1.51 bits per heavy atom. The van der Waals surface area contributed by atoms with Crippen molar-refractivity contribution in [1.82, 2.24) is 0 Å². The molecule has 2 N–H and O–H groups in total. The van der Waals surface area contributed by atoms with E-state index in [4.69, 9.17) is 23.4 Å². The number of para-hydroxylation sites is 2. The van der Waals surface area contributed by atoms with Crippen LogP contribution in [0.4, 0.5) is 11.4 Å². The monoisotopic (exact) mass is 544 g/mol. The van der Waals surface area contributed by atoms with E-state index < -0.39 is 10.2 Å². The number of nitrogens with zero attached hydrogens (tertiary/aromatic N) is 2. The van der Waals surface area contributed by atoms with Crippen LogP contribution in [0.5, 0.6) is 0 Å². The third-order valence-corrected chi connectivity index (χ3v) is 6.40. The first kappa shape index (κ1) is 27.8. The van der Waals surface area contributed by atoms with Crippen molar-refractivity contribution < 1.29 is 38.6 Å². The molecule has 0 bridgehead atoms. The minimum atomic E-state index is -4.94. The SMILES string of the molecule is N#Cc1ccccc1N/C=C1\CCCC2=C1OC1=C(C=[NH+]c3ccccc3C#N)CCCC1=C2.[O-][Cl+3]([O-])([O-])[O-]. The molecule has 39 heavy (non-hydrogen) atoms. The van der Waals surface area contributed by atoms with Gasteiger partial charge in [0.05, 0.1) is 16.8 Å². The van der Waals surface area contributed by atoms with Crippen LogP contribution in [0, 0.1) is 32.9 Å². The third-order valence-electron chi connectivity index (χ3n) is 6.40. The Kier molecular flexibility index (Phi) is 8.95. The molecule has 2 aromatic rings. The molecule has 0 fully saturated rings. The molecule has 2 aliphatic carbocycles. The number of nitriles is 2. The number of allylic oxidation sites excluding steroid dienone is 5. The first-order valence-electron chi connectivity index (χ1n) is 12.3. The highest BCUT2D eigenvalue weighted by Gasteiger charge is 2.29. The number of anilines is 1. The van der Waals surface area contributed by atoms with Crippen molar-refractivity contribution in [2.75, 3.05) is 5.32 Å². The normalized spacial score (nSPS) is 17.7. The second kappa shape index (κ2) is 12.5. The van der Waals surface area contributed by atoms with Crippen molar-refractivity contribution in [3.05, 3.63) is 106 Å².